The van der Waals surface area contributed by atoms with Crippen molar-refractivity contribution in [3.8, 4) is 0 Å². The third kappa shape index (κ3) is 3.33. The van der Waals surface area contributed by atoms with Crippen LogP contribution in [0.1, 0.15) is 28.2 Å². The minimum Gasteiger partial charge on any atom is -0.481 e. The largest absolute Gasteiger partial charge is 0.481 e. The van der Waals surface area contributed by atoms with Crippen LogP contribution in [0.2, 0.25) is 0 Å². The summed E-state index contributed by atoms with van der Waals surface area (Å²) in [4.78, 5) is 29.2. The Balaban J connectivity index is 2.22. The Labute approximate surface area is 117 Å². The molecule has 1 N–H and O–H groups in total. The van der Waals surface area contributed by atoms with Crippen LogP contribution in [-0.4, -0.2) is 52.7 Å². The molecule has 108 valence electrons. The summed E-state index contributed by atoms with van der Waals surface area (Å²) in [7, 11) is 0. The highest BCUT2D eigenvalue weighted by atomic mass is 16.5. The van der Waals surface area contributed by atoms with Crippen LogP contribution in [-0.2, 0) is 9.53 Å². The maximum Gasteiger partial charge on any atom is 0.305 e. The number of nitrogens with zero attached hydrogens (tertiary/aromatic N) is 2. The van der Waals surface area contributed by atoms with E-state index < -0.39 is 12.0 Å². The first-order valence-electron chi connectivity index (χ1n) is 6.53. The second-order valence-electron chi connectivity index (χ2n) is 5.00. The first kappa shape index (κ1) is 14.5. The molecule has 1 unspecified atom stereocenters. The fourth-order valence-electron chi connectivity index (χ4n) is 2.39. The molecule has 1 saturated heterocycles. The molecule has 0 bridgehead atoms. The summed E-state index contributed by atoms with van der Waals surface area (Å²) in [6, 6.07) is 3.18. The fraction of sp³-hybridized carbons (Fsp3) is 0.500. The average Bonchev–Trinajstić information content (AvgIpc) is 2.36. The summed E-state index contributed by atoms with van der Waals surface area (Å²) in [5.41, 5.74) is 2.10. The Morgan fingerprint density at radius 3 is 2.85 bits per heavy atom. The van der Waals surface area contributed by atoms with Crippen LogP contribution in [0.25, 0.3) is 0 Å². The van der Waals surface area contributed by atoms with Gasteiger partial charge < -0.3 is 14.7 Å². The number of hydrogen-bond acceptors (Lipinski definition) is 4. The van der Waals surface area contributed by atoms with E-state index in [-0.39, 0.29) is 18.9 Å². The number of carboxylic acid groups (broad SMARTS) is 1. The van der Waals surface area contributed by atoms with Crippen molar-refractivity contribution in [2.24, 2.45) is 0 Å². The van der Waals surface area contributed by atoms with Crippen molar-refractivity contribution < 1.29 is 19.4 Å². The molecule has 20 heavy (non-hydrogen) atoms. The monoisotopic (exact) mass is 278 g/mol. The Morgan fingerprint density at radius 1 is 1.45 bits per heavy atom. The number of pyridine rings is 1. The summed E-state index contributed by atoms with van der Waals surface area (Å²) in [5.74, 6) is -1.17. The molecule has 2 rings (SSSR count). The first-order chi connectivity index (χ1) is 9.47. The van der Waals surface area contributed by atoms with E-state index in [4.69, 9.17) is 9.84 Å². The van der Waals surface area contributed by atoms with Gasteiger partial charge in [0.15, 0.2) is 0 Å². The van der Waals surface area contributed by atoms with Crippen molar-refractivity contribution in [1.82, 2.24) is 9.88 Å². The third-order valence-corrected chi connectivity index (χ3v) is 3.22. The summed E-state index contributed by atoms with van der Waals surface area (Å²) < 4.78 is 5.27. The van der Waals surface area contributed by atoms with E-state index in [0.29, 0.717) is 18.8 Å². The van der Waals surface area contributed by atoms with Gasteiger partial charge in [-0.2, -0.15) is 0 Å². The van der Waals surface area contributed by atoms with Gasteiger partial charge in [-0.05, 0) is 31.5 Å². The van der Waals surface area contributed by atoms with Crippen LogP contribution >= 0.6 is 0 Å². The number of ether oxygens (including phenoxy) is 1. The highest BCUT2D eigenvalue weighted by molar-refractivity contribution is 5.93. The molecule has 0 spiro atoms. The second kappa shape index (κ2) is 6.00. The molecular weight excluding hydrogens is 260 g/mol. The molecular formula is C14H18N2O4. The SMILES string of the molecule is Cc1cc(C)nc(C(=O)N2CCOCC2CC(=O)O)c1. The van der Waals surface area contributed by atoms with Crippen molar-refractivity contribution >= 4 is 11.9 Å². The van der Waals surface area contributed by atoms with Gasteiger partial charge in [0.2, 0.25) is 0 Å². The number of aryl methyl sites for hydroxylation is 2. The molecule has 1 aromatic rings. The molecule has 1 aliphatic rings. The van der Waals surface area contributed by atoms with Gasteiger partial charge in [0.25, 0.3) is 5.91 Å². The van der Waals surface area contributed by atoms with Crippen LogP contribution in [0, 0.1) is 13.8 Å². The molecule has 1 atom stereocenters. The molecule has 2 heterocycles. The molecule has 1 amide bonds. The zero-order valence-electron chi connectivity index (χ0n) is 11.6. The number of carboxylic acids is 1. The minimum absolute atomic E-state index is 0.115. The number of amides is 1. The molecule has 1 aliphatic heterocycles. The lowest BCUT2D eigenvalue weighted by molar-refractivity contribution is -0.139. The van der Waals surface area contributed by atoms with Crippen molar-refractivity contribution in [2.75, 3.05) is 19.8 Å². The van der Waals surface area contributed by atoms with Crippen LogP contribution in [0.5, 0.6) is 0 Å². The highest BCUT2D eigenvalue weighted by Gasteiger charge is 2.30. The Kier molecular flexibility index (Phi) is 4.34. The van der Waals surface area contributed by atoms with Crippen LogP contribution < -0.4 is 0 Å². The van der Waals surface area contributed by atoms with E-state index in [1.807, 2.05) is 19.9 Å². The van der Waals surface area contributed by atoms with E-state index >= 15 is 0 Å². The predicted molar refractivity (Wildman–Crippen MR) is 71.6 cm³/mol. The smallest absolute Gasteiger partial charge is 0.305 e. The highest BCUT2D eigenvalue weighted by Crippen LogP contribution is 2.15. The number of carbonyl (C=O) groups excluding carboxylic acids is 1. The molecule has 6 heteroatoms. The van der Waals surface area contributed by atoms with Crippen molar-refractivity contribution in [1.29, 1.82) is 0 Å². The number of aromatic nitrogens is 1. The quantitative estimate of drug-likeness (QED) is 0.892. The van der Waals surface area contributed by atoms with Gasteiger partial charge in [0, 0.05) is 12.2 Å². The van der Waals surface area contributed by atoms with Crippen molar-refractivity contribution in [3.63, 3.8) is 0 Å². The van der Waals surface area contributed by atoms with E-state index in [1.54, 1.807) is 11.0 Å². The molecule has 6 nitrogen and oxygen atoms in total. The van der Waals surface area contributed by atoms with Gasteiger partial charge in [-0.3, -0.25) is 9.59 Å². The fourth-order valence-corrected chi connectivity index (χ4v) is 2.39. The zero-order chi connectivity index (χ0) is 14.7. The maximum atomic E-state index is 12.5. The second-order valence-corrected chi connectivity index (χ2v) is 5.00. The van der Waals surface area contributed by atoms with Gasteiger partial charge in [0.05, 0.1) is 25.7 Å². The summed E-state index contributed by atoms with van der Waals surface area (Å²) >= 11 is 0. The van der Waals surface area contributed by atoms with Gasteiger partial charge in [-0.25, -0.2) is 4.98 Å². The Morgan fingerprint density at radius 2 is 2.20 bits per heavy atom. The van der Waals surface area contributed by atoms with E-state index in [1.165, 1.54) is 0 Å². The predicted octanol–water partition coefficient (Wildman–Crippen LogP) is 1.01. The van der Waals surface area contributed by atoms with E-state index in [2.05, 4.69) is 4.98 Å². The molecule has 1 fully saturated rings. The van der Waals surface area contributed by atoms with E-state index in [9.17, 15) is 9.59 Å². The number of carbonyl (C=O) groups is 2. The van der Waals surface area contributed by atoms with Gasteiger partial charge in [-0.1, -0.05) is 0 Å². The normalized spacial score (nSPS) is 18.9. The molecule has 0 aliphatic carbocycles. The number of morpholine rings is 1. The number of hydrogen-bond donors (Lipinski definition) is 1. The third-order valence-electron chi connectivity index (χ3n) is 3.22. The van der Waals surface area contributed by atoms with Gasteiger partial charge >= 0.3 is 5.97 Å². The number of aliphatic carboxylic acids is 1. The van der Waals surface area contributed by atoms with Gasteiger partial charge in [0.1, 0.15) is 5.69 Å². The zero-order valence-corrected chi connectivity index (χ0v) is 11.6. The lowest BCUT2D eigenvalue weighted by atomic mass is 10.1. The number of rotatable bonds is 3. The first-order valence-corrected chi connectivity index (χ1v) is 6.53. The summed E-state index contributed by atoms with van der Waals surface area (Å²) in [6.07, 6.45) is -0.115. The Bertz CT molecular complexity index is 510. The molecule has 0 aromatic carbocycles. The lowest BCUT2D eigenvalue weighted by Crippen LogP contribution is -2.49. The molecule has 0 radical (unpaired) electrons. The van der Waals surface area contributed by atoms with Crippen molar-refractivity contribution in [2.45, 2.75) is 26.3 Å². The van der Waals surface area contributed by atoms with E-state index in [0.717, 1.165) is 11.3 Å². The van der Waals surface area contributed by atoms with Crippen LogP contribution in [0.15, 0.2) is 12.1 Å². The van der Waals surface area contributed by atoms with Crippen LogP contribution in [0.4, 0.5) is 0 Å². The van der Waals surface area contributed by atoms with Crippen molar-refractivity contribution in [3.05, 3.63) is 29.1 Å². The molecule has 0 saturated carbocycles. The Hall–Kier alpha value is -1.95. The average molecular weight is 278 g/mol. The molecule has 1 aromatic heterocycles. The lowest BCUT2D eigenvalue weighted by Gasteiger charge is -2.34. The van der Waals surface area contributed by atoms with Gasteiger partial charge in [-0.15, -0.1) is 0 Å². The standard InChI is InChI=1S/C14H18N2O4/c1-9-5-10(2)15-12(6-9)14(19)16-3-4-20-8-11(16)7-13(17)18/h5-6,11H,3-4,7-8H2,1-2H3,(H,17,18). The van der Waals surface area contributed by atoms with Crippen LogP contribution in [0.3, 0.4) is 0 Å². The summed E-state index contributed by atoms with van der Waals surface area (Å²) in [6.45, 7) is 4.80. The minimum atomic E-state index is -0.938. The maximum absolute atomic E-state index is 12.5. The summed E-state index contributed by atoms with van der Waals surface area (Å²) in [5, 5.41) is 8.91. The topological polar surface area (TPSA) is 79.7 Å².